The summed E-state index contributed by atoms with van der Waals surface area (Å²) < 4.78 is 24.2. The lowest BCUT2D eigenvalue weighted by molar-refractivity contribution is 0.504. The molecule has 2 N–H and O–H groups in total. The normalized spacial score (nSPS) is 13.4. The van der Waals surface area contributed by atoms with Gasteiger partial charge in [-0.2, -0.15) is 0 Å². The number of hydrogen-bond acceptors (Lipinski definition) is 3. The molecule has 5 heteroatoms. The van der Waals surface area contributed by atoms with Gasteiger partial charge in [-0.05, 0) is 38.3 Å². The van der Waals surface area contributed by atoms with Gasteiger partial charge in [-0.15, -0.1) is 0 Å². The minimum absolute atomic E-state index is 0.443. The van der Waals surface area contributed by atoms with E-state index in [1.165, 1.54) is 11.8 Å². The van der Waals surface area contributed by atoms with Crippen LogP contribution < -0.4 is 10.0 Å². The fourth-order valence-electron chi connectivity index (χ4n) is 1.82. The van der Waals surface area contributed by atoms with Crippen molar-refractivity contribution in [1.29, 1.82) is 0 Å². The highest BCUT2D eigenvalue weighted by Crippen LogP contribution is 2.04. The topological polar surface area (TPSA) is 58.2 Å². The van der Waals surface area contributed by atoms with E-state index in [4.69, 9.17) is 0 Å². The molecule has 0 aromatic heterocycles. The highest BCUT2D eigenvalue weighted by Gasteiger charge is 2.02. The van der Waals surface area contributed by atoms with Crippen LogP contribution in [0.2, 0.25) is 0 Å². The number of nitrogens with one attached hydrogen (secondary N) is 2. The van der Waals surface area contributed by atoms with Crippen LogP contribution in [-0.4, -0.2) is 33.8 Å². The zero-order valence-corrected chi connectivity index (χ0v) is 12.5. The molecule has 4 nitrogen and oxygen atoms in total. The molecular formula is C14H24N2O2S. The quantitative estimate of drug-likeness (QED) is 0.676. The van der Waals surface area contributed by atoms with Crippen molar-refractivity contribution in [2.75, 3.05) is 19.3 Å². The highest BCUT2D eigenvalue weighted by molar-refractivity contribution is 7.88. The van der Waals surface area contributed by atoms with Gasteiger partial charge in [-0.1, -0.05) is 30.3 Å². The summed E-state index contributed by atoms with van der Waals surface area (Å²) in [5.74, 6) is 0. The van der Waals surface area contributed by atoms with Crippen molar-refractivity contribution in [3.63, 3.8) is 0 Å². The van der Waals surface area contributed by atoms with Gasteiger partial charge in [0.15, 0.2) is 0 Å². The molecule has 108 valence electrons. The van der Waals surface area contributed by atoms with E-state index in [2.05, 4.69) is 41.2 Å². The van der Waals surface area contributed by atoms with Crippen LogP contribution in [0, 0.1) is 0 Å². The van der Waals surface area contributed by atoms with Gasteiger partial charge in [0, 0.05) is 12.6 Å². The molecule has 0 saturated heterocycles. The van der Waals surface area contributed by atoms with Crippen LogP contribution in [-0.2, 0) is 16.4 Å². The minimum Gasteiger partial charge on any atom is -0.314 e. The number of hydrogen-bond donors (Lipinski definition) is 2. The van der Waals surface area contributed by atoms with E-state index >= 15 is 0 Å². The maximum absolute atomic E-state index is 10.9. The van der Waals surface area contributed by atoms with Crippen molar-refractivity contribution in [3.05, 3.63) is 35.9 Å². The minimum atomic E-state index is -3.05. The molecule has 0 radical (unpaired) electrons. The Bertz CT molecular complexity index is 446. The molecule has 1 rings (SSSR count). The second-order valence-corrected chi connectivity index (χ2v) is 6.73. The third-order valence-electron chi connectivity index (χ3n) is 2.92. The number of sulfonamides is 1. The molecule has 1 aromatic carbocycles. The van der Waals surface area contributed by atoms with Crippen LogP contribution in [0.25, 0.3) is 0 Å². The summed E-state index contributed by atoms with van der Waals surface area (Å²) in [7, 11) is -3.05. The Morgan fingerprint density at radius 3 is 2.47 bits per heavy atom. The molecule has 0 aliphatic heterocycles. The van der Waals surface area contributed by atoms with E-state index in [1.807, 2.05) is 6.07 Å². The third-order valence-corrected chi connectivity index (χ3v) is 3.65. The van der Waals surface area contributed by atoms with E-state index in [0.717, 1.165) is 25.8 Å². The summed E-state index contributed by atoms with van der Waals surface area (Å²) in [6, 6.07) is 10.9. The molecule has 0 heterocycles. The summed E-state index contributed by atoms with van der Waals surface area (Å²) in [5, 5.41) is 3.40. The average molecular weight is 284 g/mol. The largest absolute Gasteiger partial charge is 0.314 e. The second-order valence-electron chi connectivity index (χ2n) is 4.90. The fraction of sp³-hybridized carbons (Fsp3) is 0.571. The molecule has 0 saturated carbocycles. The molecule has 1 unspecified atom stereocenters. The maximum Gasteiger partial charge on any atom is 0.208 e. The third kappa shape index (κ3) is 8.75. The molecular weight excluding hydrogens is 260 g/mol. The first kappa shape index (κ1) is 16.1. The van der Waals surface area contributed by atoms with Gasteiger partial charge in [0.1, 0.15) is 0 Å². The van der Waals surface area contributed by atoms with Crippen LogP contribution in [0.15, 0.2) is 30.3 Å². The van der Waals surface area contributed by atoms with Gasteiger partial charge in [0.25, 0.3) is 0 Å². The second kappa shape index (κ2) is 8.30. The Morgan fingerprint density at radius 1 is 1.16 bits per heavy atom. The lowest BCUT2D eigenvalue weighted by Crippen LogP contribution is -2.31. The summed E-state index contributed by atoms with van der Waals surface area (Å²) in [4.78, 5) is 0. The molecule has 0 bridgehead atoms. The van der Waals surface area contributed by atoms with Gasteiger partial charge < -0.3 is 5.32 Å². The van der Waals surface area contributed by atoms with Gasteiger partial charge >= 0.3 is 0 Å². The molecule has 0 amide bonds. The van der Waals surface area contributed by atoms with Crippen LogP contribution >= 0.6 is 0 Å². The molecule has 0 aliphatic rings. The zero-order valence-electron chi connectivity index (χ0n) is 11.7. The highest BCUT2D eigenvalue weighted by atomic mass is 32.2. The van der Waals surface area contributed by atoms with E-state index in [9.17, 15) is 8.42 Å². The molecule has 0 aliphatic carbocycles. The summed E-state index contributed by atoms with van der Waals surface area (Å²) in [6.45, 7) is 3.49. The summed E-state index contributed by atoms with van der Waals surface area (Å²) in [5.41, 5.74) is 1.36. The van der Waals surface area contributed by atoms with Gasteiger partial charge in [-0.3, -0.25) is 0 Å². The smallest absolute Gasteiger partial charge is 0.208 e. The van der Waals surface area contributed by atoms with E-state index < -0.39 is 10.0 Å². The van der Waals surface area contributed by atoms with Crippen molar-refractivity contribution in [1.82, 2.24) is 10.0 Å². The number of benzene rings is 1. The Kier molecular flexibility index (Phi) is 7.05. The zero-order chi connectivity index (χ0) is 14.1. The van der Waals surface area contributed by atoms with E-state index in [1.54, 1.807) is 0 Å². The van der Waals surface area contributed by atoms with Crippen LogP contribution in [0.1, 0.15) is 25.3 Å². The standard InChI is InChI=1S/C14H24N2O2S/c1-13(9-10-14-7-4-3-5-8-14)15-11-6-12-16-19(2,17)18/h3-5,7-8,13,15-16H,6,9-12H2,1-2H3. The molecule has 1 aromatic rings. The van der Waals surface area contributed by atoms with Crippen LogP contribution in [0.3, 0.4) is 0 Å². The van der Waals surface area contributed by atoms with Crippen molar-refractivity contribution in [3.8, 4) is 0 Å². The van der Waals surface area contributed by atoms with Crippen LogP contribution in [0.5, 0.6) is 0 Å². The van der Waals surface area contributed by atoms with Crippen molar-refractivity contribution < 1.29 is 8.42 Å². The van der Waals surface area contributed by atoms with Gasteiger partial charge in [0.05, 0.1) is 6.26 Å². The number of rotatable bonds is 9. The van der Waals surface area contributed by atoms with E-state index in [0.29, 0.717) is 12.6 Å². The van der Waals surface area contributed by atoms with E-state index in [-0.39, 0.29) is 0 Å². The maximum atomic E-state index is 10.9. The van der Waals surface area contributed by atoms with Crippen LogP contribution in [0.4, 0.5) is 0 Å². The fourth-order valence-corrected chi connectivity index (χ4v) is 2.34. The van der Waals surface area contributed by atoms with Crippen molar-refractivity contribution in [2.24, 2.45) is 0 Å². The van der Waals surface area contributed by atoms with Crippen molar-refractivity contribution in [2.45, 2.75) is 32.2 Å². The Hall–Kier alpha value is -0.910. The monoisotopic (exact) mass is 284 g/mol. The number of aryl methyl sites for hydroxylation is 1. The first-order valence-electron chi connectivity index (χ1n) is 6.69. The Balaban J connectivity index is 2.07. The SMILES string of the molecule is CC(CCc1ccccc1)NCCCNS(C)(=O)=O. The average Bonchev–Trinajstić information content (AvgIpc) is 2.36. The lowest BCUT2D eigenvalue weighted by atomic mass is 10.1. The summed E-state index contributed by atoms with van der Waals surface area (Å²) in [6.07, 6.45) is 4.14. The lowest BCUT2D eigenvalue weighted by Gasteiger charge is -2.13. The predicted octanol–water partition coefficient (Wildman–Crippen LogP) is 1.54. The van der Waals surface area contributed by atoms with Gasteiger partial charge in [0.2, 0.25) is 10.0 Å². The summed E-state index contributed by atoms with van der Waals surface area (Å²) >= 11 is 0. The predicted molar refractivity (Wildman–Crippen MR) is 79.7 cm³/mol. The Labute approximate surface area is 116 Å². The first-order chi connectivity index (χ1) is 8.97. The molecule has 1 atom stereocenters. The Morgan fingerprint density at radius 2 is 1.84 bits per heavy atom. The van der Waals surface area contributed by atoms with Crippen molar-refractivity contribution >= 4 is 10.0 Å². The molecule has 0 fully saturated rings. The first-order valence-corrected chi connectivity index (χ1v) is 8.58. The molecule has 19 heavy (non-hydrogen) atoms. The van der Waals surface area contributed by atoms with Gasteiger partial charge in [-0.25, -0.2) is 13.1 Å². The molecule has 0 spiro atoms.